The molecule has 6 nitrogen and oxygen atoms in total. The number of rotatable bonds is 12. The highest BCUT2D eigenvalue weighted by Crippen LogP contribution is 2.38. The molecule has 0 radical (unpaired) electrons. The molecule has 3 aromatic carbocycles. The number of fused-ring (bicyclic) bond motifs is 1. The molecule has 200 valence electrons. The number of hydrogen-bond acceptors (Lipinski definition) is 6. The summed E-state index contributed by atoms with van der Waals surface area (Å²) in [7, 11) is -3.41. The second-order valence-corrected chi connectivity index (χ2v) is 11.9. The fraction of sp³-hybridized carbons (Fsp3) is 0.355. The van der Waals surface area contributed by atoms with Crippen molar-refractivity contribution >= 4 is 15.9 Å². The Labute approximate surface area is 225 Å². The van der Waals surface area contributed by atoms with E-state index in [0.29, 0.717) is 37.6 Å². The molecular formula is C31H34O6S. The van der Waals surface area contributed by atoms with Gasteiger partial charge in [0.15, 0.2) is 9.84 Å². The summed E-state index contributed by atoms with van der Waals surface area (Å²) in [6.45, 7) is 5.05. The van der Waals surface area contributed by atoms with Gasteiger partial charge in [-0.25, -0.2) is 8.42 Å². The van der Waals surface area contributed by atoms with E-state index in [4.69, 9.17) is 18.9 Å². The van der Waals surface area contributed by atoms with Crippen molar-refractivity contribution in [2.24, 2.45) is 0 Å². The van der Waals surface area contributed by atoms with Crippen molar-refractivity contribution in [2.75, 3.05) is 12.4 Å². The quantitative estimate of drug-likeness (QED) is 0.317. The largest absolute Gasteiger partial charge is 0.374 e. The standard InChI is InChI=1S/C31H34O6S/c1-2-23-13-15-27(16-14-23)38(32,33)18-17-26-19-28-31(36-26)30(35-21-25-11-7-4-8-12-25)29(37-28)22-34-20-24-9-5-3-6-10-24/h2-16,26,28-31H,1,17-22H2/t26-,28+,29-,30-,31-/m1/s1. The first-order valence-corrected chi connectivity index (χ1v) is 14.7. The topological polar surface area (TPSA) is 71.1 Å². The van der Waals surface area contributed by atoms with Crippen molar-refractivity contribution in [1.29, 1.82) is 0 Å². The summed E-state index contributed by atoms with van der Waals surface area (Å²) in [4.78, 5) is 0.317. The molecule has 7 heteroatoms. The normalized spacial score (nSPS) is 24.8. The van der Waals surface area contributed by atoms with Crippen LogP contribution in [0.2, 0.25) is 0 Å². The summed E-state index contributed by atoms with van der Waals surface area (Å²) in [5.74, 6) is 0.0176. The van der Waals surface area contributed by atoms with Crippen molar-refractivity contribution < 1.29 is 27.4 Å². The third-order valence-electron chi connectivity index (χ3n) is 7.11. The predicted octanol–water partition coefficient (Wildman–Crippen LogP) is 5.22. The number of benzene rings is 3. The van der Waals surface area contributed by atoms with Gasteiger partial charge in [-0.1, -0.05) is 85.5 Å². The molecule has 0 unspecified atom stereocenters. The van der Waals surface area contributed by atoms with Gasteiger partial charge in [-0.15, -0.1) is 0 Å². The Kier molecular flexibility index (Phi) is 8.72. The molecule has 0 aliphatic carbocycles. The monoisotopic (exact) mass is 534 g/mol. The highest BCUT2D eigenvalue weighted by molar-refractivity contribution is 7.91. The van der Waals surface area contributed by atoms with Gasteiger partial charge in [-0.3, -0.25) is 0 Å². The third kappa shape index (κ3) is 6.60. The molecule has 2 saturated heterocycles. The molecule has 5 atom stereocenters. The minimum atomic E-state index is -3.41. The van der Waals surface area contributed by atoms with E-state index in [9.17, 15) is 8.42 Å². The maximum atomic E-state index is 12.9. The lowest BCUT2D eigenvalue weighted by Gasteiger charge is -2.24. The Morgan fingerprint density at radius 1 is 0.868 bits per heavy atom. The van der Waals surface area contributed by atoms with Crippen molar-refractivity contribution in [3.63, 3.8) is 0 Å². The zero-order valence-electron chi connectivity index (χ0n) is 21.4. The highest BCUT2D eigenvalue weighted by atomic mass is 32.2. The van der Waals surface area contributed by atoms with Crippen molar-refractivity contribution in [1.82, 2.24) is 0 Å². The van der Waals surface area contributed by atoms with Gasteiger partial charge < -0.3 is 18.9 Å². The molecule has 38 heavy (non-hydrogen) atoms. The summed E-state index contributed by atoms with van der Waals surface area (Å²) in [5.41, 5.74) is 3.06. The van der Waals surface area contributed by atoms with Crippen LogP contribution in [0.15, 0.2) is 96.4 Å². The number of hydrogen-bond donors (Lipinski definition) is 0. The Balaban J connectivity index is 1.19. The summed E-state index contributed by atoms with van der Waals surface area (Å²) >= 11 is 0. The maximum Gasteiger partial charge on any atom is 0.178 e. The Bertz CT molecular complexity index is 1280. The molecule has 0 amide bonds. The van der Waals surface area contributed by atoms with Crippen LogP contribution in [0.4, 0.5) is 0 Å². The zero-order chi connectivity index (χ0) is 26.4. The van der Waals surface area contributed by atoms with Gasteiger partial charge in [-0.2, -0.15) is 0 Å². The fourth-order valence-electron chi connectivity index (χ4n) is 5.07. The molecule has 2 aliphatic heterocycles. The molecular weight excluding hydrogens is 500 g/mol. The van der Waals surface area contributed by atoms with E-state index in [0.717, 1.165) is 16.7 Å². The molecule has 5 rings (SSSR count). The van der Waals surface area contributed by atoms with Crippen LogP contribution in [0.1, 0.15) is 29.5 Å². The minimum absolute atomic E-state index is 0.0176. The summed E-state index contributed by atoms with van der Waals surface area (Å²) < 4.78 is 50.8. The lowest BCUT2D eigenvalue weighted by atomic mass is 10.1. The predicted molar refractivity (Wildman–Crippen MR) is 146 cm³/mol. The van der Waals surface area contributed by atoms with Gasteiger partial charge in [-0.05, 0) is 35.2 Å². The molecule has 0 spiro atoms. The van der Waals surface area contributed by atoms with E-state index in [1.54, 1.807) is 30.3 Å². The van der Waals surface area contributed by atoms with E-state index in [-0.39, 0.29) is 36.3 Å². The molecule has 0 bridgehead atoms. The molecule has 2 fully saturated rings. The lowest BCUT2D eigenvalue weighted by Crippen LogP contribution is -2.37. The molecule has 0 saturated carbocycles. The van der Waals surface area contributed by atoms with E-state index < -0.39 is 9.84 Å². The smallest absolute Gasteiger partial charge is 0.178 e. The van der Waals surface area contributed by atoms with Gasteiger partial charge >= 0.3 is 0 Å². The van der Waals surface area contributed by atoms with Crippen LogP contribution < -0.4 is 0 Å². The minimum Gasteiger partial charge on any atom is -0.374 e. The van der Waals surface area contributed by atoms with Gasteiger partial charge in [0, 0.05) is 6.42 Å². The second kappa shape index (κ2) is 12.4. The van der Waals surface area contributed by atoms with Crippen LogP contribution in [-0.2, 0) is 42.0 Å². The Morgan fingerprint density at radius 3 is 2.18 bits per heavy atom. The van der Waals surface area contributed by atoms with Crippen molar-refractivity contribution in [2.45, 2.75) is 61.5 Å². The van der Waals surface area contributed by atoms with Crippen LogP contribution >= 0.6 is 0 Å². The molecule has 2 heterocycles. The van der Waals surface area contributed by atoms with E-state index in [1.807, 2.05) is 60.7 Å². The molecule has 0 N–H and O–H groups in total. The third-order valence-corrected chi connectivity index (χ3v) is 8.88. The van der Waals surface area contributed by atoms with E-state index in [2.05, 4.69) is 6.58 Å². The van der Waals surface area contributed by atoms with Gasteiger partial charge in [0.1, 0.15) is 18.3 Å². The number of sulfone groups is 1. The number of ether oxygens (including phenoxy) is 4. The Morgan fingerprint density at radius 2 is 1.53 bits per heavy atom. The Hall–Kier alpha value is -2.81. The molecule has 0 aromatic heterocycles. The first-order valence-electron chi connectivity index (χ1n) is 13.1. The first-order chi connectivity index (χ1) is 18.5. The summed E-state index contributed by atoms with van der Waals surface area (Å²) in [5, 5.41) is 0. The van der Waals surface area contributed by atoms with E-state index >= 15 is 0 Å². The lowest BCUT2D eigenvalue weighted by molar-refractivity contribution is -0.101. The second-order valence-electron chi connectivity index (χ2n) is 9.81. The van der Waals surface area contributed by atoms with Gasteiger partial charge in [0.25, 0.3) is 0 Å². The first kappa shape index (κ1) is 26.8. The van der Waals surface area contributed by atoms with E-state index in [1.165, 1.54) is 0 Å². The zero-order valence-corrected chi connectivity index (χ0v) is 22.2. The van der Waals surface area contributed by atoms with Crippen LogP contribution in [0.25, 0.3) is 6.08 Å². The average molecular weight is 535 g/mol. The van der Waals surface area contributed by atoms with Crippen LogP contribution in [0.5, 0.6) is 0 Å². The van der Waals surface area contributed by atoms with Crippen LogP contribution in [0, 0.1) is 0 Å². The summed E-state index contributed by atoms with van der Waals surface area (Å²) in [6, 6.07) is 26.8. The summed E-state index contributed by atoms with van der Waals surface area (Å²) in [6.07, 6.45) is 1.55. The van der Waals surface area contributed by atoms with Crippen molar-refractivity contribution in [3.8, 4) is 0 Å². The van der Waals surface area contributed by atoms with Gasteiger partial charge in [0.05, 0.1) is 42.7 Å². The van der Waals surface area contributed by atoms with Crippen LogP contribution in [0.3, 0.4) is 0 Å². The van der Waals surface area contributed by atoms with Crippen molar-refractivity contribution in [3.05, 3.63) is 108 Å². The fourth-order valence-corrected chi connectivity index (χ4v) is 6.43. The molecule has 3 aromatic rings. The maximum absolute atomic E-state index is 12.9. The van der Waals surface area contributed by atoms with Crippen LogP contribution in [-0.4, -0.2) is 51.3 Å². The van der Waals surface area contributed by atoms with Gasteiger partial charge in [0.2, 0.25) is 0 Å². The SMILES string of the molecule is C=Cc1ccc(S(=O)(=O)CC[C@@H]2C[C@@H]3O[C@H](COCc4ccccc4)[C@@H](OCc4ccccc4)[C@@H]3O2)cc1. The highest BCUT2D eigenvalue weighted by Gasteiger charge is 2.51. The average Bonchev–Trinajstić information content (AvgIpc) is 3.49. The molecule has 2 aliphatic rings.